The third-order valence-electron chi connectivity index (χ3n) is 4.86. The van der Waals surface area contributed by atoms with E-state index < -0.39 is 18.0 Å². The van der Waals surface area contributed by atoms with Gasteiger partial charge in [0.25, 0.3) is 5.91 Å². The highest BCUT2D eigenvalue weighted by molar-refractivity contribution is 6.01. The van der Waals surface area contributed by atoms with Crippen LogP contribution in [0.1, 0.15) is 37.0 Å². The lowest BCUT2D eigenvalue weighted by molar-refractivity contribution is -0.148. The number of carbonyl (C=O) groups is 2. The van der Waals surface area contributed by atoms with E-state index in [1.807, 2.05) is 31.2 Å². The Kier molecular flexibility index (Phi) is 6.87. The number of nitrogens with one attached hydrogen (secondary N) is 1. The van der Waals surface area contributed by atoms with Crippen molar-refractivity contribution in [1.29, 1.82) is 5.26 Å². The smallest absolute Gasteiger partial charge is 0.349 e. The molecular weight excluding hydrogens is 380 g/mol. The van der Waals surface area contributed by atoms with Gasteiger partial charge in [0.2, 0.25) is 0 Å². The number of amides is 1. The first kappa shape index (κ1) is 21.1. The van der Waals surface area contributed by atoms with E-state index in [2.05, 4.69) is 5.32 Å². The minimum Gasteiger partial charge on any atom is -0.494 e. The molecular formula is C24H24N2O4. The summed E-state index contributed by atoms with van der Waals surface area (Å²) in [6.07, 6.45) is 3.57. The van der Waals surface area contributed by atoms with E-state index in [9.17, 15) is 14.9 Å². The second-order valence-corrected chi connectivity index (χ2v) is 7.05. The second kappa shape index (κ2) is 9.75. The van der Waals surface area contributed by atoms with Crippen molar-refractivity contribution in [3.63, 3.8) is 0 Å². The minimum absolute atomic E-state index is 0.184. The molecule has 0 fully saturated rings. The Hall–Kier alpha value is -3.59. The summed E-state index contributed by atoms with van der Waals surface area (Å²) in [6, 6.07) is 14.6. The quantitative estimate of drug-likeness (QED) is 0.427. The maximum atomic E-state index is 12.4. The summed E-state index contributed by atoms with van der Waals surface area (Å²) in [5.74, 6) is -0.588. The number of nitrogens with zero attached hydrogens (tertiary/aromatic N) is 1. The average molecular weight is 404 g/mol. The molecule has 0 saturated heterocycles. The zero-order chi connectivity index (χ0) is 21.5. The molecule has 1 atom stereocenters. The van der Waals surface area contributed by atoms with Gasteiger partial charge in [0, 0.05) is 5.69 Å². The summed E-state index contributed by atoms with van der Waals surface area (Å²) in [5.41, 5.74) is 3.69. The van der Waals surface area contributed by atoms with Crippen LogP contribution < -0.4 is 10.1 Å². The van der Waals surface area contributed by atoms with Gasteiger partial charge >= 0.3 is 5.97 Å². The standard InChI is InChI=1S/C24H24N2O4/c1-3-29-22-11-7-17(8-12-22)13-20(15-25)24(28)30-16(2)23(27)26-21-10-9-18-5-4-6-19(18)14-21/h7-14,16H,3-6H2,1-2H3,(H,26,27)/b20-13+/t16-/m1/s1. The molecule has 6 nitrogen and oxygen atoms in total. The van der Waals surface area contributed by atoms with E-state index in [1.165, 1.54) is 24.1 Å². The summed E-state index contributed by atoms with van der Waals surface area (Å²) in [4.78, 5) is 24.8. The molecule has 0 aliphatic heterocycles. The van der Waals surface area contributed by atoms with Gasteiger partial charge in [0.15, 0.2) is 6.10 Å². The van der Waals surface area contributed by atoms with Gasteiger partial charge < -0.3 is 14.8 Å². The summed E-state index contributed by atoms with van der Waals surface area (Å²) in [5, 5.41) is 12.1. The van der Waals surface area contributed by atoms with Gasteiger partial charge in [0.1, 0.15) is 17.4 Å². The van der Waals surface area contributed by atoms with Crippen LogP contribution in [0, 0.1) is 11.3 Å². The van der Waals surface area contributed by atoms with Crippen molar-refractivity contribution in [2.75, 3.05) is 11.9 Å². The zero-order valence-electron chi connectivity index (χ0n) is 17.1. The topological polar surface area (TPSA) is 88.4 Å². The first-order chi connectivity index (χ1) is 14.5. The lowest BCUT2D eigenvalue weighted by Gasteiger charge is -2.14. The van der Waals surface area contributed by atoms with Crippen molar-refractivity contribution < 1.29 is 19.1 Å². The van der Waals surface area contributed by atoms with E-state index >= 15 is 0 Å². The van der Waals surface area contributed by atoms with Gasteiger partial charge in [-0.15, -0.1) is 0 Å². The molecule has 1 aliphatic carbocycles. The highest BCUT2D eigenvalue weighted by atomic mass is 16.5. The van der Waals surface area contributed by atoms with Gasteiger partial charge in [-0.2, -0.15) is 5.26 Å². The predicted molar refractivity (Wildman–Crippen MR) is 114 cm³/mol. The number of anilines is 1. The monoisotopic (exact) mass is 404 g/mol. The number of fused-ring (bicyclic) bond motifs is 1. The van der Waals surface area contributed by atoms with E-state index in [-0.39, 0.29) is 5.57 Å². The summed E-state index contributed by atoms with van der Waals surface area (Å²) in [6.45, 7) is 3.92. The van der Waals surface area contributed by atoms with Crippen molar-refractivity contribution >= 4 is 23.6 Å². The van der Waals surface area contributed by atoms with Crippen molar-refractivity contribution in [2.45, 2.75) is 39.2 Å². The molecule has 2 aromatic rings. The second-order valence-electron chi connectivity index (χ2n) is 7.05. The van der Waals surface area contributed by atoms with E-state index in [4.69, 9.17) is 9.47 Å². The normalized spacial score (nSPS) is 13.7. The van der Waals surface area contributed by atoms with Crippen LogP contribution in [0.5, 0.6) is 5.75 Å². The van der Waals surface area contributed by atoms with Crippen LogP contribution >= 0.6 is 0 Å². The van der Waals surface area contributed by atoms with E-state index in [0.29, 0.717) is 23.6 Å². The number of nitriles is 1. The molecule has 0 aromatic heterocycles. The molecule has 0 heterocycles. The molecule has 0 spiro atoms. The van der Waals surface area contributed by atoms with Crippen molar-refractivity contribution in [1.82, 2.24) is 0 Å². The molecule has 0 unspecified atom stereocenters. The Balaban J connectivity index is 1.61. The fraction of sp³-hybridized carbons (Fsp3) is 0.292. The maximum Gasteiger partial charge on any atom is 0.349 e. The van der Waals surface area contributed by atoms with Crippen LogP contribution in [-0.4, -0.2) is 24.6 Å². The first-order valence-corrected chi connectivity index (χ1v) is 9.98. The van der Waals surface area contributed by atoms with Crippen LogP contribution in [0.25, 0.3) is 6.08 Å². The molecule has 2 aromatic carbocycles. The van der Waals surface area contributed by atoms with Crippen molar-refractivity contribution in [3.8, 4) is 11.8 Å². The van der Waals surface area contributed by atoms with Crippen LogP contribution in [0.15, 0.2) is 48.0 Å². The van der Waals surface area contributed by atoms with Gasteiger partial charge in [-0.3, -0.25) is 4.79 Å². The number of benzene rings is 2. The lowest BCUT2D eigenvalue weighted by atomic mass is 10.1. The third-order valence-corrected chi connectivity index (χ3v) is 4.86. The summed E-state index contributed by atoms with van der Waals surface area (Å²) < 4.78 is 10.6. The molecule has 0 radical (unpaired) electrons. The molecule has 6 heteroatoms. The zero-order valence-corrected chi connectivity index (χ0v) is 17.1. The highest BCUT2D eigenvalue weighted by Gasteiger charge is 2.21. The maximum absolute atomic E-state index is 12.4. The van der Waals surface area contributed by atoms with Crippen LogP contribution in [-0.2, 0) is 27.2 Å². The Labute approximate surface area is 176 Å². The fourth-order valence-corrected chi connectivity index (χ4v) is 3.30. The SMILES string of the molecule is CCOc1ccc(/C=C(\C#N)C(=O)O[C@H](C)C(=O)Nc2ccc3c(c2)CCC3)cc1. The molecule has 3 rings (SSSR count). The Morgan fingerprint density at radius 1 is 1.17 bits per heavy atom. The van der Waals surface area contributed by atoms with E-state index in [0.717, 1.165) is 19.3 Å². The summed E-state index contributed by atoms with van der Waals surface area (Å²) in [7, 11) is 0. The number of rotatable bonds is 7. The minimum atomic E-state index is -1.04. The van der Waals surface area contributed by atoms with Crippen LogP contribution in [0.3, 0.4) is 0 Å². The summed E-state index contributed by atoms with van der Waals surface area (Å²) >= 11 is 0. The first-order valence-electron chi connectivity index (χ1n) is 9.98. The molecule has 0 bridgehead atoms. The highest BCUT2D eigenvalue weighted by Crippen LogP contribution is 2.25. The van der Waals surface area contributed by atoms with Crippen LogP contribution in [0.2, 0.25) is 0 Å². The molecule has 154 valence electrons. The van der Waals surface area contributed by atoms with Gasteiger partial charge in [-0.05, 0) is 80.1 Å². The van der Waals surface area contributed by atoms with Gasteiger partial charge in [0.05, 0.1) is 6.61 Å². The Morgan fingerprint density at radius 3 is 2.60 bits per heavy atom. The average Bonchev–Trinajstić information content (AvgIpc) is 3.21. The molecule has 0 saturated carbocycles. The van der Waals surface area contributed by atoms with Gasteiger partial charge in [-0.1, -0.05) is 18.2 Å². The fourth-order valence-electron chi connectivity index (χ4n) is 3.30. The van der Waals surface area contributed by atoms with Crippen molar-refractivity contribution in [3.05, 3.63) is 64.7 Å². The molecule has 1 N–H and O–H groups in total. The number of ether oxygens (including phenoxy) is 2. The predicted octanol–water partition coefficient (Wildman–Crippen LogP) is 4.05. The van der Waals surface area contributed by atoms with E-state index in [1.54, 1.807) is 24.3 Å². The number of carbonyl (C=O) groups excluding carboxylic acids is 2. The Bertz CT molecular complexity index is 1000. The largest absolute Gasteiger partial charge is 0.494 e. The molecule has 30 heavy (non-hydrogen) atoms. The number of hydrogen-bond donors (Lipinski definition) is 1. The molecule has 1 aliphatic rings. The number of hydrogen-bond acceptors (Lipinski definition) is 5. The van der Waals surface area contributed by atoms with Crippen molar-refractivity contribution in [2.24, 2.45) is 0 Å². The Morgan fingerprint density at radius 2 is 1.90 bits per heavy atom. The molecule has 1 amide bonds. The number of esters is 1. The van der Waals surface area contributed by atoms with Crippen LogP contribution in [0.4, 0.5) is 5.69 Å². The lowest BCUT2D eigenvalue weighted by Crippen LogP contribution is -2.30. The third kappa shape index (κ3) is 5.26. The van der Waals surface area contributed by atoms with Gasteiger partial charge in [-0.25, -0.2) is 4.79 Å². The number of aryl methyl sites for hydroxylation is 2.